The van der Waals surface area contributed by atoms with E-state index in [2.05, 4.69) is 5.10 Å². The summed E-state index contributed by atoms with van der Waals surface area (Å²) in [6.45, 7) is 0.338. The molecule has 0 saturated carbocycles. The van der Waals surface area contributed by atoms with E-state index in [1.165, 1.54) is 0 Å². The van der Waals surface area contributed by atoms with Crippen molar-refractivity contribution in [1.29, 1.82) is 0 Å². The molecule has 2 aromatic rings. The Morgan fingerprint density at radius 2 is 2.07 bits per heavy atom. The van der Waals surface area contributed by atoms with E-state index in [-0.39, 0.29) is 5.75 Å². The van der Waals surface area contributed by atoms with Crippen LogP contribution in [0.5, 0.6) is 5.75 Å². The monoisotopic (exact) mass is 204 g/mol. The van der Waals surface area contributed by atoms with Gasteiger partial charge in [-0.25, -0.2) is 0 Å². The zero-order chi connectivity index (χ0) is 10.7. The van der Waals surface area contributed by atoms with E-state index in [9.17, 15) is 10.2 Å². The lowest BCUT2D eigenvalue weighted by atomic mass is 10.1. The quantitative estimate of drug-likeness (QED) is 0.792. The maximum Gasteiger partial charge on any atom is 0.121 e. The van der Waals surface area contributed by atoms with Gasteiger partial charge in [0.2, 0.25) is 0 Å². The summed E-state index contributed by atoms with van der Waals surface area (Å²) in [5.74, 6) is 0.108. The predicted octanol–water partition coefficient (Wildman–Crippen LogP) is 1.32. The largest absolute Gasteiger partial charge is 0.508 e. The van der Waals surface area contributed by atoms with Crippen LogP contribution in [0.1, 0.15) is 11.7 Å². The number of aromatic hydroxyl groups is 1. The van der Waals surface area contributed by atoms with Crippen LogP contribution in [-0.4, -0.2) is 20.0 Å². The molecule has 4 heteroatoms. The molecular formula is C11H12N2O2. The van der Waals surface area contributed by atoms with Gasteiger partial charge in [-0.1, -0.05) is 18.2 Å². The van der Waals surface area contributed by atoms with Crippen LogP contribution in [0.3, 0.4) is 0 Å². The third-order valence-corrected chi connectivity index (χ3v) is 2.21. The second-order valence-corrected chi connectivity index (χ2v) is 3.30. The van der Waals surface area contributed by atoms with E-state index in [4.69, 9.17) is 0 Å². The molecule has 1 heterocycles. The molecule has 0 radical (unpaired) electrons. The number of rotatable bonds is 3. The van der Waals surface area contributed by atoms with E-state index in [0.29, 0.717) is 12.1 Å². The van der Waals surface area contributed by atoms with Gasteiger partial charge in [0.05, 0.1) is 6.54 Å². The lowest BCUT2D eigenvalue weighted by Crippen LogP contribution is -2.09. The molecule has 1 aromatic carbocycles. The predicted molar refractivity (Wildman–Crippen MR) is 55.3 cm³/mol. The number of nitrogens with zero attached hydrogens (tertiary/aromatic N) is 2. The molecule has 4 nitrogen and oxygen atoms in total. The van der Waals surface area contributed by atoms with Crippen molar-refractivity contribution < 1.29 is 10.2 Å². The lowest BCUT2D eigenvalue weighted by Gasteiger charge is -2.12. The van der Waals surface area contributed by atoms with Crippen LogP contribution >= 0.6 is 0 Å². The number of aliphatic hydroxyl groups is 1. The number of phenols is 1. The zero-order valence-electron chi connectivity index (χ0n) is 8.11. The van der Waals surface area contributed by atoms with Crippen molar-refractivity contribution in [3.05, 3.63) is 48.3 Å². The van der Waals surface area contributed by atoms with E-state index < -0.39 is 6.10 Å². The Hall–Kier alpha value is -1.81. The second kappa shape index (κ2) is 4.14. The molecular weight excluding hydrogens is 192 g/mol. The zero-order valence-corrected chi connectivity index (χ0v) is 8.11. The summed E-state index contributed by atoms with van der Waals surface area (Å²) in [7, 11) is 0. The van der Waals surface area contributed by atoms with Crippen LogP contribution in [0.25, 0.3) is 0 Å². The minimum Gasteiger partial charge on any atom is -0.508 e. The molecule has 2 rings (SSSR count). The molecule has 1 unspecified atom stereocenters. The van der Waals surface area contributed by atoms with Crippen molar-refractivity contribution in [2.45, 2.75) is 12.6 Å². The molecule has 0 saturated heterocycles. The van der Waals surface area contributed by atoms with Crippen LogP contribution in [0, 0.1) is 0 Å². The second-order valence-electron chi connectivity index (χ2n) is 3.30. The normalized spacial score (nSPS) is 12.6. The lowest BCUT2D eigenvalue weighted by molar-refractivity contribution is 0.148. The van der Waals surface area contributed by atoms with Crippen LogP contribution in [0.15, 0.2) is 42.7 Å². The van der Waals surface area contributed by atoms with Gasteiger partial charge in [0.15, 0.2) is 0 Å². The van der Waals surface area contributed by atoms with Crippen LogP contribution in [0.4, 0.5) is 0 Å². The number of hydrogen-bond donors (Lipinski definition) is 2. The number of phenolic OH excluding ortho intramolecular Hbond substituents is 1. The number of hydrogen-bond acceptors (Lipinski definition) is 3. The molecule has 0 aliphatic rings. The Balaban J connectivity index is 2.15. The highest BCUT2D eigenvalue weighted by atomic mass is 16.3. The topological polar surface area (TPSA) is 58.3 Å². The maximum atomic E-state index is 9.85. The Bertz CT molecular complexity index is 426. The first-order chi connectivity index (χ1) is 7.27. The standard InChI is InChI=1S/C11H12N2O2/c14-10-5-2-1-4-9(10)11(15)8-13-7-3-6-12-13/h1-7,11,14-15H,8H2. The average Bonchev–Trinajstić information content (AvgIpc) is 2.71. The van der Waals surface area contributed by atoms with E-state index in [0.717, 1.165) is 0 Å². The molecule has 0 fully saturated rings. The first-order valence-electron chi connectivity index (χ1n) is 4.71. The summed E-state index contributed by atoms with van der Waals surface area (Å²) in [6, 6.07) is 8.55. The Kier molecular flexibility index (Phi) is 2.69. The van der Waals surface area contributed by atoms with Gasteiger partial charge in [-0.05, 0) is 12.1 Å². The van der Waals surface area contributed by atoms with Crippen molar-refractivity contribution >= 4 is 0 Å². The minimum atomic E-state index is -0.744. The van der Waals surface area contributed by atoms with Gasteiger partial charge in [0.25, 0.3) is 0 Å². The number of benzene rings is 1. The average molecular weight is 204 g/mol. The van der Waals surface area contributed by atoms with Crippen LogP contribution in [0.2, 0.25) is 0 Å². The van der Waals surface area contributed by atoms with Gasteiger partial charge in [-0.2, -0.15) is 5.10 Å². The maximum absolute atomic E-state index is 9.85. The fourth-order valence-electron chi connectivity index (χ4n) is 1.45. The van der Waals surface area contributed by atoms with Gasteiger partial charge < -0.3 is 10.2 Å². The number of para-hydroxylation sites is 1. The third-order valence-electron chi connectivity index (χ3n) is 2.21. The highest BCUT2D eigenvalue weighted by Crippen LogP contribution is 2.24. The van der Waals surface area contributed by atoms with Gasteiger partial charge in [0, 0.05) is 18.0 Å². The summed E-state index contributed by atoms with van der Waals surface area (Å²) in [5.41, 5.74) is 0.521. The van der Waals surface area contributed by atoms with Gasteiger partial charge in [-0.15, -0.1) is 0 Å². The highest BCUT2D eigenvalue weighted by Gasteiger charge is 2.11. The van der Waals surface area contributed by atoms with Gasteiger partial charge in [-0.3, -0.25) is 4.68 Å². The Morgan fingerprint density at radius 1 is 1.27 bits per heavy atom. The van der Waals surface area contributed by atoms with Crippen molar-refractivity contribution in [2.75, 3.05) is 0 Å². The van der Waals surface area contributed by atoms with E-state index in [1.807, 2.05) is 0 Å². The fourth-order valence-corrected chi connectivity index (χ4v) is 1.45. The summed E-state index contributed by atoms with van der Waals surface area (Å²) >= 11 is 0. The molecule has 1 aromatic heterocycles. The van der Waals surface area contributed by atoms with Crippen LogP contribution in [-0.2, 0) is 6.54 Å². The summed E-state index contributed by atoms with van der Waals surface area (Å²) in [5, 5.41) is 23.4. The number of aliphatic hydroxyl groups excluding tert-OH is 1. The van der Waals surface area contributed by atoms with Crippen LogP contribution < -0.4 is 0 Å². The fraction of sp³-hybridized carbons (Fsp3) is 0.182. The summed E-state index contributed by atoms with van der Waals surface area (Å²) in [4.78, 5) is 0. The third kappa shape index (κ3) is 2.16. The molecule has 2 N–H and O–H groups in total. The smallest absolute Gasteiger partial charge is 0.121 e. The Morgan fingerprint density at radius 3 is 2.73 bits per heavy atom. The number of aromatic nitrogens is 2. The highest BCUT2D eigenvalue weighted by molar-refractivity contribution is 5.33. The molecule has 0 aliphatic heterocycles. The first-order valence-corrected chi connectivity index (χ1v) is 4.71. The van der Waals surface area contributed by atoms with E-state index in [1.54, 1.807) is 47.4 Å². The van der Waals surface area contributed by atoms with Crippen molar-refractivity contribution in [1.82, 2.24) is 9.78 Å². The van der Waals surface area contributed by atoms with Crippen molar-refractivity contribution in [3.63, 3.8) is 0 Å². The summed E-state index contributed by atoms with van der Waals surface area (Å²) in [6.07, 6.45) is 2.67. The Labute approximate surface area is 87.4 Å². The summed E-state index contributed by atoms with van der Waals surface area (Å²) < 4.78 is 1.62. The first kappa shape index (κ1) is 9.73. The molecule has 0 spiro atoms. The molecule has 0 aliphatic carbocycles. The van der Waals surface area contributed by atoms with Gasteiger partial charge >= 0.3 is 0 Å². The molecule has 15 heavy (non-hydrogen) atoms. The molecule has 1 atom stereocenters. The minimum absolute atomic E-state index is 0.108. The van der Waals surface area contributed by atoms with Crippen molar-refractivity contribution in [3.8, 4) is 5.75 Å². The van der Waals surface area contributed by atoms with Gasteiger partial charge in [0.1, 0.15) is 11.9 Å². The SMILES string of the molecule is Oc1ccccc1C(O)Cn1cccn1. The molecule has 78 valence electrons. The van der Waals surface area contributed by atoms with E-state index >= 15 is 0 Å². The molecule has 0 bridgehead atoms. The van der Waals surface area contributed by atoms with Crippen molar-refractivity contribution in [2.24, 2.45) is 0 Å². The molecule has 0 amide bonds.